The first kappa shape index (κ1) is 74.1. The molecule has 10 rings (SSSR count). The highest BCUT2D eigenvalue weighted by molar-refractivity contribution is 9.10. The summed E-state index contributed by atoms with van der Waals surface area (Å²) in [7, 11) is 0. The van der Waals surface area contributed by atoms with Gasteiger partial charge in [-0.05, 0) is 194 Å². The number of hydrogen-bond donors (Lipinski definition) is 0. The lowest BCUT2D eigenvalue weighted by Gasteiger charge is -2.39. The number of carbonyl (C=O) groups is 10. The third-order valence-corrected chi connectivity index (χ3v) is 20.2. The predicted molar refractivity (Wildman–Crippen MR) is 353 cm³/mol. The molecule has 4 unspecified atom stereocenters. The van der Waals surface area contributed by atoms with Crippen molar-refractivity contribution in [2.75, 3.05) is 31.2 Å². The molecule has 0 fully saturated rings. The Labute approximate surface area is 585 Å². The minimum absolute atomic E-state index is 0.0331. The van der Waals surface area contributed by atoms with Gasteiger partial charge in [0.2, 0.25) is 0 Å². The number of unbranched alkanes of at least 4 members (excludes halogenated alkanes) is 6. The summed E-state index contributed by atoms with van der Waals surface area (Å²) in [4.78, 5) is 138. The first-order chi connectivity index (χ1) is 46.6. The number of halogens is 11. The number of alkyl halides is 11. The molecule has 1 aliphatic carbocycles. The molecular formula is C73H67Br2F9N4O12. The molecule has 5 aliphatic rings. The van der Waals surface area contributed by atoms with Crippen molar-refractivity contribution in [3.63, 3.8) is 0 Å². The van der Waals surface area contributed by atoms with Crippen molar-refractivity contribution in [1.29, 1.82) is 0 Å². The SMILES string of the molecule is CC(C)(Br)C(=O)OCCCCCCN1C(=O)c2ccc(C(C)(c3ccc4c(c3)C(=O)N(C3=CCC(C(C)(c5ccc(N6C(=O)c7ccc(C(C)(c8ccc9c(c8)C(=O)N(CCCCCCOC(=O)C(C)(C)Br)C9=O)C(F)(F)F)cc7C6=O)cc5)C(F)(F)F)C=C3)C4=O)C(F)(F)F)cc2C1=O. The number of carbonyl (C=O) groups excluding carboxylic acids is 10. The fourth-order valence-electron chi connectivity index (χ4n) is 13.0. The van der Waals surface area contributed by atoms with E-state index in [9.17, 15) is 47.9 Å². The van der Waals surface area contributed by atoms with Crippen LogP contribution in [0.4, 0.5) is 45.2 Å². The van der Waals surface area contributed by atoms with Crippen molar-refractivity contribution in [3.05, 3.63) is 193 Å². The zero-order valence-corrected chi connectivity index (χ0v) is 58.3. The van der Waals surface area contributed by atoms with Gasteiger partial charge in [-0.1, -0.05) is 93.3 Å². The molecule has 16 nitrogen and oxygen atoms in total. The van der Waals surface area contributed by atoms with Crippen LogP contribution < -0.4 is 4.90 Å². The van der Waals surface area contributed by atoms with Crippen molar-refractivity contribution in [1.82, 2.24) is 14.7 Å². The van der Waals surface area contributed by atoms with E-state index in [-0.39, 0.29) is 76.6 Å². The summed E-state index contributed by atoms with van der Waals surface area (Å²) in [5, 5.41) is 0. The van der Waals surface area contributed by atoms with E-state index < -0.39 is 148 Å². The van der Waals surface area contributed by atoms with Gasteiger partial charge in [0, 0.05) is 18.8 Å². The smallest absolute Gasteiger partial charge is 0.402 e. The van der Waals surface area contributed by atoms with Crippen molar-refractivity contribution >= 4 is 96.7 Å². The summed E-state index contributed by atoms with van der Waals surface area (Å²) in [6.07, 6.45) is -8.33. The third kappa shape index (κ3) is 13.2. The quantitative estimate of drug-likeness (QED) is 0.0186. The van der Waals surface area contributed by atoms with Crippen LogP contribution in [0.1, 0.15) is 217 Å². The number of hydrogen-bond acceptors (Lipinski definition) is 12. The van der Waals surface area contributed by atoms with Gasteiger partial charge < -0.3 is 9.47 Å². The van der Waals surface area contributed by atoms with Gasteiger partial charge in [-0.2, -0.15) is 39.5 Å². The average molecular weight is 1520 g/mol. The molecule has 4 atom stereocenters. The molecule has 0 bridgehead atoms. The molecule has 0 N–H and O–H groups in total. The van der Waals surface area contributed by atoms with E-state index in [0.717, 1.165) is 140 Å². The molecule has 4 heterocycles. The highest BCUT2D eigenvalue weighted by Gasteiger charge is 2.59. The number of amides is 8. The lowest BCUT2D eigenvalue weighted by Crippen LogP contribution is -2.46. The molecule has 100 heavy (non-hydrogen) atoms. The topological polar surface area (TPSA) is 202 Å². The molecule has 0 spiro atoms. The Balaban J connectivity index is 0.807. The molecule has 0 saturated heterocycles. The van der Waals surface area contributed by atoms with E-state index in [1.165, 1.54) is 6.08 Å². The molecule has 4 aliphatic heterocycles. The number of esters is 2. The minimum atomic E-state index is -5.12. The molecule has 27 heteroatoms. The van der Waals surface area contributed by atoms with Crippen molar-refractivity contribution in [2.45, 2.75) is 150 Å². The number of fused-ring (bicyclic) bond motifs is 4. The van der Waals surface area contributed by atoms with Gasteiger partial charge in [0.25, 0.3) is 47.3 Å². The maximum Gasteiger partial charge on any atom is 0.402 e. The molecule has 5 aromatic carbocycles. The summed E-state index contributed by atoms with van der Waals surface area (Å²) in [6.45, 7) is 9.31. The predicted octanol–water partition coefficient (Wildman–Crippen LogP) is 15.5. The standard InChI is InChI=1S/C73H67Br2F9N4O12/c1-66(2,74)64(97)99-34-14-10-8-12-32-85-56(89)48-28-20-42(36-52(48)58(85)91)69(6,72(79,80)81)44-22-30-50-54(38-44)62(95)87(60(50)93)46-24-16-40(17-25-46)68(5,71(76,77)78)41-18-26-47(27-19-41)88-61(94)51-31-23-45(39-55(51)63(88)96)70(7,73(82,83)84)43-21-29-49-53(37-43)59(92)86(57(49)90)33-13-9-11-15-35-100-65(98)67(3,4)75/h16-18,20-31,36-39,41H,8-15,19,32-35H2,1-7H3. The first-order valence-electron chi connectivity index (χ1n) is 32.1. The lowest BCUT2D eigenvalue weighted by atomic mass is 9.68. The third-order valence-electron chi connectivity index (χ3n) is 19.5. The zero-order valence-electron chi connectivity index (χ0n) is 55.1. The second-order valence-electron chi connectivity index (χ2n) is 26.8. The maximum atomic E-state index is 15.6. The van der Waals surface area contributed by atoms with Crippen LogP contribution in [-0.2, 0) is 35.3 Å². The first-order valence-corrected chi connectivity index (χ1v) is 33.7. The molecular weight excluding hydrogens is 1460 g/mol. The van der Waals surface area contributed by atoms with Gasteiger partial charge in [0.05, 0.1) is 68.8 Å². The fourth-order valence-corrected chi connectivity index (χ4v) is 13.3. The molecule has 5 aromatic rings. The Kier molecular flexibility index (Phi) is 20.1. The van der Waals surface area contributed by atoms with Crippen LogP contribution in [-0.4, -0.2) is 127 Å². The van der Waals surface area contributed by atoms with Crippen LogP contribution in [0.25, 0.3) is 0 Å². The lowest BCUT2D eigenvalue weighted by molar-refractivity contribution is -0.196. The van der Waals surface area contributed by atoms with Crippen LogP contribution in [0.15, 0.2) is 121 Å². The van der Waals surface area contributed by atoms with Crippen molar-refractivity contribution in [2.24, 2.45) is 5.92 Å². The second kappa shape index (κ2) is 27.1. The number of benzene rings is 5. The Morgan fingerprint density at radius 2 is 0.730 bits per heavy atom. The number of ether oxygens (including phenoxy) is 2. The van der Waals surface area contributed by atoms with Crippen LogP contribution in [0.3, 0.4) is 0 Å². The monoisotopic (exact) mass is 1520 g/mol. The van der Waals surface area contributed by atoms with Crippen LogP contribution in [0, 0.1) is 5.92 Å². The number of imide groups is 4. The molecule has 0 radical (unpaired) electrons. The van der Waals surface area contributed by atoms with Crippen LogP contribution >= 0.6 is 31.9 Å². The van der Waals surface area contributed by atoms with E-state index in [1.807, 2.05) is 0 Å². The van der Waals surface area contributed by atoms with Gasteiger partial charge in [-0.3, -0.25) is 57.7 Å². The highest BCUT2D eigenvalue weighted by Crippen LogP contribution is 2.53. The normalized spacial score (nSPS) is 18.3. The summed E-state index contributed by atoms with van der Waals surface area (Å²) in [5.41, 5.74) is -13.8. The maximum absolute atomic E-state index is 15.6. The number of anilines is 1. The van der Waals surface area contributed by atoms with Gasteiger partial charge in [-0.25, -0.2) is 9.80 Å². The van der Waals surface area contributed by atoms with Gasteiger partial charge in [0.1, 0.15) is 19.5 Å². The zero-order chi connectivity index (χ0) is 73.4. The molecule has 8 amide bonds. The number of rotatable bonds is 24. The number of allylic oxidation sites excluding steroid dienone is 3. The van der Waals surface area contributed by atoms with Crippen LogP contribution in [0.5, 0.6) is 0 Å². The Hall–Kier alpha value is -8.59. The van der Waals surface area contributed by atoms with Crippen molar-refractivity contribution < 1.29 is 96.9 Å². The van der Waals surface area contributed by atoms with E-state index in [4.69, 9.17) is 9.47 Å². The summed E-state index contributed by atoms with van der Waals surface area (Å²) in [6, 6.07) is 16.3. The summed E-state index contributed by atoms with van der Waals surface area (Å²) < 4.78 is 149. The van der Waals surface area contributed by atoms with Gasteiger partial charge in [-0.15, -0.1) is 0 Å². The summed E-state index contributed by atoms with van der Waals surface area (Å²) >= 11 is 6.45. The fraction of sp³-hybridized carbons (Fsp3) is 0.397. The van der Waals surface area contributed by atoms with E-state index in [0.29, 0.717) is 61.2 Å². The Morgan fingerprint density at radius 3 is 1.08 bits per heavy atom. The second-order valence-corrected chi connectivity index (χ2v) is 30.8. The van der Waals surface area contributed by atoms with E-state index >= 15 is 39.5 Å². The van der Waals surface area contributed by atoms with Crippen LogP contribution in [0.2, 0.25) is 0 Å². The molecule has 0 aromatic heterocycles. The van der Waals surface area contributed by atoms with Gasteiger partial charge >= 0.3 is 30.5 Å². The Morgan fingerprint density at radius 1 is 0.410 bits per heavy atom. The number of nitrogens with zero attached hydrogens (tertiary/aromatic N) is 4. The highest BCUT2D eigenvalue weighted by atomic mass is 79.9. The minimum Gasteiger partial charge on any atom is -0.465 e. The molecule has 0 saturated carbocycles. The largest absolute Gasteiger partial charge is 0.465 e. The van der Waals surface area contributed by atoms with E-state index in [2.05, 4.69) is 31.9 Å². The summed E-state index contributed by atoms with van der Waals surface area (Å²) in [5.74, 6) is -9.54. The van der Waals surface area contributed by atoms with Gasteiger partial charge in [0.15, 0.2) is 0 Å². The molecule has 528 valence electrons. The van der Waals surface area contributed by atoms with E-state index in [1.54, 1.807) is 27.7 Å². The Bertz CT molecular complexity index is 4320. The average Bonchev–Trinajstić information content (AvgIpc) is 1.43. The van der Waals surface area contributed by atoms with Crippen molar-refractivity contribution in [3.8, 4) is 0 Å².